The van der Waals surface area contributed by atoms with Gasteiger partial charge in [-0.1, -0.05) is 24.3 Å². The topological polar surface area (TPSA) is 46.5 Å². The predicted molar refractivity (Wildman–Crippen MR) is 63.8 cm³/mol. The number of carbonyl (C=O) groups excluding carboxylic acids is 1. The van der Waals surface area contributed by atoms with Crippen LogP contribution in [0, 0.1) is 6.57 Å². The van der Waals surface area contributed by atoms with Crippen LogP contribution >= 0.6 is 0 Å². The van der Waals surface area contributed by atoms with Crippen LogP contribution in [0.1, 0.15) is 10.5 Å². The van der Waals surface area contributed by atoms with E-state index >= 15 is 0 Å². The molecule has 2 aromatic rings. The summed E-state index contributed by atoms with van der Waals surface area (Å²) in [7, 11) is 1.34. The summed E-state index contributed by atoms with van der Waals surface area (Å²) in [5.41, 5.74) is 2.85. The first-order valence-corrected chi connectivity index (χ1v) is 4.99. The van der Waals surface area contributed by atoms with E-state index in [-0.39, 0.29) is 0 Å². The number of methoxy groups -OCH3 is 1. The molecule has 0 unspecified atom stereocenters. The molecule has 0 aliphatic rings. The summed E-state index contributed by atoms with van der Waals surface area (Å²) in [4.78, 5) is 17.4. The number of benzene rings is 1. The van der Waals surface area contributed by atoms with Crippen molar-refractivity contribution in [1.82, 2.24) is 4.98 Å². The van der Waals surface area contributed by atoms with E-state index in [2.05, 4.69) is 14.6 Å². The van der Waals surface area contributed by atoms with Gasteiger partial charge in [-0.25, -0.2) is 9.64 Å². The molecule has 17 heavy (non-hydrogen) atoms. The van der Waals surface area contributed by atoms with Crippen molar-refractivity contribution in [3.63, 3.8) is 0 Å². The smallest absolute Gasteiger partial charge is 0.354 e. The second kappa shape index (κ2) is 4.54. The van der Waals surface area contributed by atoms with Gasteiger partial charge in [-0.3, -0.25) is 0 Å². The van der Waals surface area contributed by atoms with E-state index in [1.807, 2.05) is 12.1 Å². The summed E-state index contributed by atoms with van der Waals surface area (Å²) in [5, 5.41) is 0. The molecule has 0 fully saturated rings. The molecule has 0 amide bonds. The highest BCUT2D eigenvalue weighted by molar-refractivity contribution is 5.89. The Morgan fingerprint density at radius 3 is 2.59 bits per heavy atom. The van der Waals surface area contributed by atoms with Crippen molar-refractivity contribution in [3.8, 4) is 11.1 Å². The van der Waals surface area contributed by atoms with Gasteiger partial charge in [0.2, 0.25) is 0 Å². The lowest BCUT2D eigenvalue weighted by molar-refractivity contribution is 0.0595. The van der Waals surface area contributed by atoms with Crippen molar-refractivity contribution in [2.75, 3.05) is 7.11 Å². The SMILES string of the molecule is [C-]#[N+]c1ccc(-c2c[nH]c(C(=O)OC)c2)cc1. The third-order valence-electron chi connectivity index (χ3n) is 2.42. The number of esters is 1. The second-order valence-corrected chi connectivity index (χ2v) is 3.45. The standard InChI is InChI=1S/C13H10N2O2/c1-14-11-5-3-9(4-6-11)10-7-12(15-8-10)13(16)17-2/h3-8,15H,2H3. The fraction of sp³-hybridized carbons (Fsp3) is 0.0769. The van der Waals surface area contributed by atoms with Crippen molar-refractivity contribution < 1.29 is 9.53 Å². The maximum Gasteiger partial charge on any atom is 0.354 e. The molecule has 0 radical (unpaired) electrons. The van der Waals surface area contributed by atoms with Crippen LogP contribution in [-0.2, 0) is 4.74 Å². The molecule has 84 valence electrons. The first-order valence-electron chi connectivity index (χ1n) is 4.99. The average molecular weight is 226 g/mol. The molecular formula is C13H10N2O2. The minimum atomic E-state index is -0.394. The molecule has 0 spiro atoms. The molecule has 0 aliphatic carbocycles. The molecule has 0 saturated carbocycles. The van der Waals surface area contributed by atoms with E-state index in [9.17, 15) is 4.79 Å². The van der Waals surface area contributed by atoms with Gasteiger partial charge in [-0.15, -0.1) is 0 Å². The number of ether oxygens (including phenoxy) is 1. The number of aromatic amines is 1. The summed E-state index contributed by atoms with van der Waals surface area (Å²) in [6, 6.07) is 8.90. The van der Waals surface area contributed by atoms with Crippen molar-refractivity contribution in [1.29, 1.82) is 0 Å². The Hall–Kier alpha value is -2.54. The largest absolute Gasteiger partial charge is 0.464 e. The van der Waals surface area contributed by atoms with Crippen LogP contribution in [0.3, 0.4) is 0 Å². The van der Waals surface area contributed by atoms with Gasteiger partial charge >= 0.3 is 5.97 Å². The molecule has 0 atom stereocenters. The van der Waals surface area contributed by atoms with E-state index in [0.29, 0.717) is 11.4 Å². The molecule has 0 bridgehead atoms. The van der Waals surface area contributed by atoms with Gasteiger partial charge in [0.05, 0.1) is 13.7 Å². The van der Waals surface area contributed by atoms with Gasteiger partial charge in [-0.2, -0.15) is 0 Å². The molecule has 1 heterocycles. The Balaban J connectivity index is 2.31. The number of nitrogens with zero attached hydrogens (tertiary/aromatic N) is 1. The summed E-state index contributed by atoms with van der Waals surface area (Å²) in [6.07, 6.45) is 1.74. The number of rotatable bonds is 2. The van der Waals surface area contributed by atoms with Gasteiger partial charge in [-0.05, 0) is 17.2 Å². The first-order chi connectivity index (χ1) is 8.24. The van der Waals surface area contributed by atoms with E-state index in [1.54, 1.807) is 24.4 Å². The lowest BCUT2D eigenvalue weighted by Crippen LogP contribution is -2.00. The van der Waals surface area contributed by atoms with Gasteiger partial charge in [0.1, 0.15) is 5.69 Å². The molecule has 4 nitrogen and oxygen atoms in total. The zero-order valence-electron chi connectivity index (χ0n) is 9.23. The highest BCUT2D eigenvalue weighted by Crippen LogP contribution is 2.23. The highest BCUT2D eigenvalue weighted by Gasteiger charge is 2.09. The van der Waals surface area contributed by atoms with Crippen molar-refractivity contribution in [2.45, 2.75) is 0 Å². The quantitative estimate of drug-likeness (QED) is 0.632. The number of nitrogens with one attached hydrogen (secondary N) is 1. The molecule has 1 aromatic carbocycles. The second-order valence-electron chi connectivity index (χ2n) is 3.45. The minimum absolute atomic E-state index is 0.394. The van der Waals surface area contributed by atoms with Gasteiger partial charge < -0.3 is 9.72 Å². The van der Waals surface area contributed by atoms with Crippen molar-refractivity contribution >= 4 is 11.7 Å². The van der Waals surface area contributed by atoms with Crippen LogP contribution in [0.4, 0.5) is 5.69 Å². The molecule has 0 saturated heterocycles. The number of hydrogen-bond donors (Lipinski definition) is 1. The normalized spacial score (nSPS) is 9.65. The van der Waals surface area contributed by atoms with E-state index in [4.69, 9.17) is 6.57 Å². The lowest BCUT2D eigenvalue weighted by Gasteiger charge is -1.96. The first kappa shape index (κ1) is 11.0. The van der Waals surface area contributed by atoms with E-state index in [1.165, 1.54) is 7.11 Å². The van der Waals surface area contributed by atoms with Crippen LogP contribution in [0.2, 0.25) is 0 Å². The summed E-state index contributed by atoms with van der Waals surface area (Å²) in [5.74, 6) is -0.394. The average Bonchev–Trinajstić information content (AvgIpc) is 2.87. The molecule has 4 heteroatoms. The summed E-state index contributed by atoms with van der Waals surface area (Å²) < 4.78 is 4.61. The van der Waals surface area contributed by atoms with Gasteiger partial charge in [0, 0.05) is 6.20 Å². The zero-order chi connectivity index (χ0) is 12.3. The minimum Gasteiger partial charge on any atom is -0.464 e. The molecule has 1 aromatic heterocycles. The van der Waals surface area contributed by atoms with Crippen LogP contribution < -0.4 is 0 Å². The molecule has 0 aliphatic heterocycles. The monoisotopic (exact) mass is 226 g/mol. The fourth-order valence-corrected chi connectivity index (χ4v) is 1.52. The molecular weight excluding hydrogens is 216 g/mol. The Labute approximate surface area is 98.7 Å². The van der Waals surface area contributed by atoms with Crippen molar-refractivity contribution in [2.24, 2.45) is 0 Å². The number of hydrogen-bond acceptors (Lipinski definition) is 2. The number of carbonyl (C=O) groups is 1. The number of H-pyrrole nitrogens is 1. The molecule has 2 rings (SSSR count). The van der Waals surface area contributed by atoms with Gasteiger partial charge in [0.25, 0.3) is 0 Å². The highest BCUT2D eigenvalue weighted by atomic mass is 16.5. The fourth-order valence-electron chi connectivity index (χ4n) is 1.52. The Kier molecular flexibility index (Phi) is 2.93. The predicted octanol–water partition coefficient (Wildman–Crippen LogP) is 3.02. The van der Waals surface area contributed by atoms with Crippen LogP contribution in [0.5, 0.6) is 0 Å². The Morgan fingerprint density at radius 2 is 2.00 bits per heavy atom. The van der Waals surface area contributed by atoms with Crippen LogP contribution in [0.25, 0.3) is 16.0 Å². The van der Waals surface area contributed by atoms with Gasteiger partial charge in [0.15, 0.2) is 5.69 Å². The third-order valence-corrected chi connectivity index (χ3v) is 2.42. The van der Waals surface area contributed by atoms with Crippen molar-refractivity contribution in [3.05, 3.63) is 53.6 Å². The summed E-state index contributed by atoms with van der Waals surface area (Å²) >= 11 is 0. The van der Waals surface area contributed by atoms with E-state index < -0.39 is 5.97 Å². The lowest BCUT2D eigenvalue weighted by atomic mass is 10.1. The Bertz CT molecular complexity index is 576. The number of aromatic nitrogens is 1. The molecule has 1 N–H and O–H groups in total. The Morgan fingerprint density at radius 1 is 1.29 bits per heavy atom. The van der Waals surface area contributed by atoms with E-state index in [0.717, 1.165) is 11.1 Å². The summed E-state index contributed by atoms with van der Waals surface area (Å²) in [6.45, 7) is 6.86. The van der Waals surface area contributed by atoms with Crippen LogP contribution in [0.15, 0.2) is 36.5 Å². The van der Waals surface area contributed by atoms with Crippen LogP contribution in [-0.4, -0.2) is 18.1 Å². The third kappa shape index (κ3) is 2.18. The maximum absolute atomic E-state index is 11.3. The zero-order valence-corrected chi connectivity index (χ0v) is 9.23. The maximum atomic E-state index is 11.3.